The van der Waals surface area contributed by atoms with Gasteiger partial charge in [0.05, 0.1) is 0 Å². The minimum absolute atomic E-state index is 0.145. The molecule has 0 atom stereocenters. The fourth-order valence-electron chi connectivity index (χ4n) is 9.72. The molecule has 0 spiro atoms. The van der Waals surface area contributed by atoms with Crippen LogP contribution < -0.4 is 0 Å². The van der Waals surface area contributed by atoms with Gasteiger partial charge in [-0.25, -0.2) is 0 Å². The summed E-state index contributed by atoms with van der Waals surface area (Å²) in [5, 5.41) is 13.0. The van der Waals surface area contributed by atoms with Gasteiger partial charge in [0, 0.05) is 0 Å². The molecule has 0 saturated heterocycles. The summed E-state index contributed by atoms with van der Waals surface area (Å²) >= 11 is 0.145. The van der Waals surface area contributed by atoms with Crippen molar-refractivity contribution >= 4 is 76.9 Å². The first-order valence-corrected chi connectivity index (χ1v) is 22.1. The van der Waals surface area contributed by atoms with Crippen molar-refractivity contribution in [3.05, 3.63) is 218 Å². The van der Waals surface area contributed by atoms with Gasteiger partial charge in [-0.2, -0.15) is 0 Å². The van der Waals surface area contributed by atoms with Gasteiger partial charge in [-0.3, -0.25) is 0 Å². The van der Waals surface area contributed by atoms with Crippen LogP contribution in [0, 0.1) is 0 Å². The van der Waals surface area contributed by atoms with Crippen molar-refractivity contribution in [1.82, 2.24) is 0 Å². The Bertz CT molecular complexity index is 3480. The van der Waals surface area contributed by atoms with Crippen molar-refractivity contribution in [2.45, 2.75) is 0 Å². The van der Waals surface area contributed by atoms with Gasteiger partial charge in [0.1, 0.15) is 0 Å². The molecule has 59 heavy (non-hydrogen) atoms. The fraction of sp³-hybridized carbons (Fsp3) is 0. The SMILES string of the molecule is c1ccc(-c2cccc(-c3c4ccccc4c(-c4cccc5c4[se]c4ccc(-c6c7ccccc7c(-c7ccccc7)c7ccccc67)cc45)c4ccccc34)c2)cc1. The Morgan fingerprint density at radius 3 is 1.15 bits per heavy atom. The van der Waals surface area contributed by atoms with Crippen LogP contribution in [-0.2, 0) is 0 Å². The molecule has 0 fully saturated rings. The second-order valence-corrected chi connectivity index (χ2v) is 17.7. The Hall–Kier alpha value is -7.02. The Labute approximate surface area is 349 Å². The fourth-order valence-corrected chi connectivity index (χ4v) is 12.2. The Morgan fingerprint density at radius 2 is 0.610 bits per heavy atom. The van der Waals surface area contributed by atoms with Crippen LogP contribution in [-0.4, -0.2) is 14.5 Å². The molecule has 0 unspecified atom stereocenters. The Balaban J connectivity index is 1.09. The zero-order chi connectivity index (χ0) is 38.9. The number of hydrogen-bond donors (Lipinski definition) is 0. The van der Waals surface area contributed by atoms with E-state index in [0.717, 1.165) is 0 Å². The molecule has 0 bridgehead atoms. The maximum absolute atomic E-state index is 2.49. The van der Waals surface area contributed by atoms with E-state index in [1.807, 2.05) is 0 Å². The molecule has 1 heteroatoms. The van der Waals surface area contributed by atoms with Crippen LogP contribution in [0.3, 0.4) is 0 Å². The molecule has 12 aromatic rings. The van der Waals surface area contributed by atoms with Crippen LogP contribution in [0.5, 0.6) is 0 Å². The van der Waals surface area contributed by atoms with E-state index in [0.29, 0.717) is 0 Å². The maximum atomic E-state index is 2.49. The van der Waals surface area contributed by atoms with E-state index >= 15 is 0 Å². The van der Waals surface area contributed by atoms with E-state index in [1.54, 1.807) is 0 Å². The molecular weight excluding hydrogens is 776 g/mol. The molecule has 0 aliphatic heterocycles. The zero-order valence-corrected chi connectivity index (χ0v) is 33.9. The summed E-state index contributed by atoms with van der Waals surface area (Å²) in [6.45, 7) is 0. The summed E-state index contributed by atoms with van der Waals surface area (Å²) in [7, 11) is 0. The molecule has 0 aliphatic carbocycles. The zero-order valence-electron chi connectivity index (χ0n) is 32.2. The van der Waals surface area contributed by atoms with E-state index in [4.69, 9.17) is 0 Å². The first kappa shape index (κ1) is 34.1. The molecule has 1 heterocycles. The third kappa shape index (κ3) is 5.44. The quantitative estimate of drug-likeness (QED) is 0.120. The van der Waals surface area contributed by atoms with Crippen LogP contribution >= 0.6 is 0 Å². The van der Waals surface area contributed by atoms with E-state index < -0.39 is 0 Å². The Kier molecular flexibility index (Phi) is 7.98. The van der Waals surface area contributed by atoms with Gasteiger partial charge in [-0.05, 0) is 0 Å². The van der Waals surface area contributed by atoms with Crippen molar-refractivity contribution in [3.63, 3.8) is 0 Å². The second-order valence-electron chi connectivity index (χ2n) is 15.5. The van der Waals surface area contributed by atoms with E-state index in [2.05, 4.69) is 218 Å². The summed E-state index contributed by atoms with van der Waals surface area (Å²) in [4.78, 5) is 0. The molecule has 0 radical (unpaired) electrons. The van der Waals surface area contributed by atoms with Crippen LogP contribution in [0.15, 0.2) is 218 Å². The summed E-state index contributed by atoms with van der Waals surface area (Å²) in [6.07, 6.45) is 0. The van der Waals surface area contributed by atoms with Gasteiger partial charge in [0.25, 0.3) is 0 Å². The van der Waals surface area contributed by atoms with Crippen molar-refractivity contribution < 1.29 is 0 Å². The molecule has 0 aliphatic rings. The molecule has 11 aromatic carbocycles. The van der Waals surface area contributed by atoms with Gasteiger partial charge < -0.3 is 0 Å². The van der Waals surface area contributed by atoms with E-state index in [1.165, 1.54) is 118 Å². The summed E-state index contributed by atoms with van der Waals surface area (Å²) in [5.41, 5.74) is 12.8. The third-order valence-electron chi connectivity index (χ3n) is 12.2. The van der Waals surface area contributed by atoms with Crippen LogP contribution in [0.1, 0.15) is 0 Å². The molecule has 0 N–H and O–H groups in total. The van der Waals surface area contributed by atoms with Crippen molar-refractivity contribution in [2.24, 2.45) is 0 Å². The summed E-state index contributed by atoms with van der Waals surface area (Å²) in [5.74, 6) is 0. The van der Waals surface area contributed by atoms with Crippen molar-refractivity contribution in [1.29, 1.82) is 0 Å². The molecule has 0 saturated carbocycles. The van der Waals surface area contributed by atoms with Crippen LogP contribution in [0.2, 0.25) is 0 Å². The summed E-state index contributed by atoms with van der Waals surface area (Å²) in [6, 6.07) is 81.0. The average Bonchev–Trinajstić information content (AvgIpc) is 3.69. The number of rotatable bonds is 5. The van der Waals surface area contributed by atoms with Gasteiger partial charge in [0.2, 0.25) is 0 Å². The standard InChI is InChI=1S/C58H36Se/c1-3-17-37(18-4-1)39-21-15-22-40(35-39)55-46-27-11-13-29-48(46)57(49-30-14-12-28-47(49)55)51-32-16-31-50-52-36-41(33-34-53(52)59-58(50)51)56-44-25-9-7-23-42(44)54(38-19-5-2-6-20-38)43-24-8-10-26-45(43)56/h1-36H. The predicted octanol–water partition coefficient (Wildman–Crippen LogP) is 16.0. The topological polar surface area (TPSA) is 0 Å². The molecular formula is C58H36Se. The van der Waals surface area contributed by atoms with Crippen molar-refractivity contribution in [2.75, 3.05) is 0 Å². The third-order valence-corrected chi connectivity index (χ3v) is 14.8. The summed E-state index contributed by atoms with van der Waals surface area (Å²) < 4.78 is 2.91. The van der Waals surface area contributed by atoms with Crippen LogP contribution in [0.4, 0.5) is 0 Å². The van der Waals surface area contributed by atoms with Crippen molar-refractivity contribution in [3.8, 4) is 55.6 Å². The normalized spacial score (nSPS) is 11.7. The molecule has 274 valence electrons. The average molecular weight is 812 g/mol. The Morgan fingerprint density at radius 1 is 0.220 bits per heavy atom. The molecule has 0 amide bonds. The first-order valence-electron chi connectivity index (χ1n) is 20.3. The number of fused-ring (bicyclic) bond motifs is 7. The minimum atomic E-state index is 0.145. The van der Waals surface area contributed by atoms with E-state index in [9.17, 15) is 0 Å². The van der Waals surface area contributed by atoms with Gasteiger partial charge in [0.15, 0.2) is 0 Å². The molecule has 0 nitrogen and oxygen atoms in total. The number of benzene rings is 11. The molecule has 1 aromatic heterocycles. The predicted molar refractivity (Wildman–Crippen MR) is 256 cm³/mol. The van der Waals surface area contributed by atoms with Gasteiger partial charge >= 0.3 is 345 Å². The first-order chi connectivity index (χ1) is 29.3. The molecule has 12 rings (SSSR count). The second kappa shape index (κ2) is 13.8. The van der Waals surface area contributed by atoms with E-state index in [-0.39, 0.29) is 14.5 Å². The van der Waals surface area contributed by atoms with Gasteiger partial charge in [-0.15, -0.1) is 0 Å². The monoisotopic (exact) mass is 812 g/mol. The number of hydrogen-bond acceptors (Lipinski definition) is 0. The van der Waals surface area contributed by atoms with Crippen LogP contribution in [0.25, 0.3) is 118 Å². The van der Waals surface area contributed by atoms with Gasteiger partial charge in [-0.1, -0.05) is 6.07 Å².